The zero-order valence-electron chi connectivity index (χ0n) is 14.1. The molecular formula is C17H27N3O2. The van der Waals surface area contributed by atoms with E-state index in [0.717, 1.165) is 13.0 Å². The monoisotopic (exact) mass is 305 g/mol. The molecule has 0 bridgehead atoms. The van der Waals surface area contributed by atoms with E-state index in [2.05, 4.69) is 39.8 Å². The van der Waals surface area contributed by atoms with Crippen LogP contribution < -0.4 is 15.5 Å². The molecule has 0 saturated heterocycles. The average Bonchev–Trinajstić information content (AvgIpc) is 3.12. The topological polar surface area (TPSA) is 53.6 Å². The highest BCUT2D eigenvalue weighted by Gasteiger charge is 2.38. The highest BCUT2D eigenvalue weighted by molar-refractivity contribution is 5.68. The Bertz CT molecular complexity index is 506. The van der Waals surface area contributed by atoms with E-state index >= 15 is 0 Å². The second-order valence-corrected chi connectivity index (χ2v) is 7.04. The first-order chi connectivity index (χ1) is 10.2. The van der Waals surface area contributed by atoms with Crippen molar-refractivity contribution in [2.75, 3.05) is 19.0 Å². The number of carbonyl (C=O) groups is 1. The third-order valence-electron chi connectivity index (χ3n) is 3.51. The molecule has 2 rings (SSSR count). The van der Waals surface area contributed by atoms with Crippen molar-refractivity contribution in [2.45, 2.75) is 51.4 Å². The lowest BCUT2D eigenvalue weighted by atomic mass is 10.2. The van der Waals surface area contributed by atoms with Crippen LogP contribution in [-0.4, -0.2) is 37.9 Å². The SMILES string of the molecule is CN(C)c1ccc(CNC2CC2NC(=O)OC(C)(C)C)cc1. The van der Waals surface area contributed by atoms with E-state index in [1.165, 1.54) is 11.3 Å². The van der Waals surface area contributed by atoms with Crippen LogP contribution >= 0.6 is 0 Å². The zero-order chi connectivity index (χ0) is 16.3. The van der Waals surface area contributed by atoms with Gasteiger partial charge < -0.3 is 20.3 Å². The maximum absolute atomic E-state index is 11.7. The third-order valence-corrected chi connectivity index (χ3v) is 3.51. The Morgan fingerprint density at radius 3 is 2.41 bits per heavy atom. The molecule has 1 fully saturated rings. The normalized spacial score (nSPS) is 20.4. The molecule has 0 heterocycles. The zero-order valence-corrected chi connectivity index (χ0v) is 14.1. The molecule has 0 spiro atoms. The standard InChI is InChI=1S/C17H27N3O2/c1-17(2,3)22-16(21)19-15-10-14(15)18-11-12-6-8-13(9-7-12)20(4)5/h6-9,14-15,18H,10-11H2,1-5H3,(H,19,21). The van der Waals surface area contributed by atoms with E-state index in [-0.39, 0.29) is 12.1 Å². The van der Waals surface area contributed by atoms with E-state index in [4.69, 9.17) is 4.74 Å². The maximum atomic E-state index is 11.7. The van der Waals surface area contributed by atoms with Crippen LogP contribution in [0.25, 0.3) is 0 Å². The molecule has 5 nitrogen and oxygen atoms in total. The number of alkyl carbamates (subject to hydrolysis) is 1. The molecule has 2 N–H and O–H groups in total. The Labute approximate surface area is 133 Å². The molecule has 22 heavy (non-hydrogen) atoms. The third kappa shape index (κ3) is 5.22. The minimum absolute atomic E-state index is 0.177. The molecule has 122 valence electrons. The molecule has 1 aromatic carbocycles. The summed E-state index contributed by atoms with van der Waals surface area (Å²) in [6.07, 6.45) is 0.617. The van der Waals surface area contributed by atoms with Crippen LogP contribution in [0.3, 0.4) is 0 Å². The van der Waals surface area contributed by atoms with Crippen molar-refractivity contribution < 1.29 is 9.53 Å². The van der Waals surface area contributed by atoms with Gasteiger partial charge in [-0.1, -0.05) is 12.1 Å². The number of benzene rings is 1. The van der Waals surface area contributed by atoms with E-state index in [1.54, 1.807) is 0 Å². The first-order valence-corrected chi connectivity index (χ1v) is 7.74. The summed E-state index contributed by atoms with van der Waals surface area (Å²) in [6.45, 7) is 6.41. The van der Waals surface area contributed by atoms with Crippen LogP contribution in [0.2, 0.25) is 0 Å². The van der Waals surface area contributed by atoms with Crippen molar-refractivity contribution in [3.05, 3.63) is 29.8 Å². The second kappa shape index (κ2) is 6.57. The van der Waals surface area contributed by atoms with Crippen molar-refractivity contribution in [3.63, 3.8) is 0 Å². The summed E-state index contributed by atoms with van der Waals surface area (Å²) in [4.78, 5) is 13.7. The molecule has 1 amide bonds. The fourth-order valence-corrected chi connectivity index (χ4v) is 2.20. The summed E-state index contributed by atoms with van der Waals surface area (Å²) in [6, 6.07) is 8.99. The second-order valence-electron chi connectivity index (χ2n) is 7.04. The van der Waals surface area contributed by atoms with Crippen LogP contribution in [0.15, 0.2) is 24.3 Å². The summed E-state index contributed by atoms with van der Waals surface area (Å²) in [5.74, 6) is 0. The van der Waals surface area contributed by atoms with E-state index < -0.39 is 5.60 Å². The van der Waals surface area contributed by atoms with Gasteiger partial charge in [0.05, 0.1) is 0 Å². The Kier molecular flexibility index (Phi) is 4.96. The van der Waals surface area contributed by atoms with Crippen LogP contribution in [0.5, 0.6) is 0 Å². The fraction of sp³-hybridized carbons (Fsp3) is 0.588. The Hall–Kier alpha value is -1.75. The molecule has 0 aliphatic heterocycles. The van der Waals surface area contributed by atoms with Gasteiger partial charge in [-0.25, -0.2) is 4.79 Å². The van der Waals surface area contributed by atoms with Crippen molar-refractivity contribution in [3.8, 4) is 0 Å². The van der Waals surface area contributed by atoms with Gasteiger partial charge in [0.1, 0.15) is 5.60 Å². The molecule has 1 aromatic rings. The van der Waals surface area contributed by atoms with E-state index in [9.17, 15) is 4.79 Å². The number of nitrogens with zero attached hydrogens (tertiary/aromatic N) is 1. The highest BCUT2D eigenvalue weighted by Crippen LogP contribution is 2.22. The number of rotatable bonds is 5. The lowest BCUT2D eigenvalue weighted by Gasteiger charge is -2.19. The first-order valence-electron chi connectivity index (χ1n) is 7.74. The Morgan fingerprint density at radius 2 is 1.86 bits per heavy atom. The number of ether oxygens (including phenoxy) is 1. The summed E-state index contributed by atoms with van der Waals surface area (Å²) in [7, 11) is 4.06. The first kappa shape index (κ1) is 16.6. The maximum Gasteiger partial charge on any atom is 0.407 e. The number of nitrogens with one attached hydrogen (secondary N) is 2. The molecule has 5 heteroatoms. The van der Waals surface area contributed by atoms with Crippen molar-refractivity contribution in [2.24, 2.45) is 0 Å². The number of anilines is 1. The molecule has 1 aliphatic rings. The van der Waals surface area contributed by atoms with Gasteiger partial charge >= 0.3 is 6.09 Å². The quantitative estimate of drug-likeness (QED) is 0.877. The lowest BCUT2D eigenvalue weighted by molar-refractivity contribution is 0.0522. The largest absolute Gasteiger partial charge is 0.444 e. The van der Waals surface area contributed by atoms with E-state index in [1.807, 2.05) is 34.9 Å². The Morgan fingerprint density at radius 1 is 1.23 bits per heavy atom. The van der Waals surface area contributed by atoms with Crippen LogP contribution in [0.4, 0.5) is 10.5 Å². The number of hydrogen-bond donors (Lipinski definition) is 2. The van der Waals surface area contributed by atoms with Gasteiger partial charge in [-0.05, 0) is 44.9 Å². The van der Waals surface area contributed by atoms with Crippen molar-refractivity contribution >= 4 is 11.8 Å². The smallest absolute Gasteiger partial charge is 0.407 e. The molecule has 2 unspecified atom stereocenters. The molecule has 1 saturated carbocycles. The van der Waals surface area contributed by atoms with Gasteiger partial charge in [-0.2, -0.15) is 0 Å². The highest BCUT2D eigenvalue weighted by atomic mass is 16.6. The molecular weight excluding hydrogens is 278 g/mol. The van der Waals surface area contributed by atoms with E-state index in [0.29, 0.717) is 6.04 Å². The number of amides is 1. The summed E-state index contributed by atoms with van der Waals surface area (Å²) in [5.41, 5.74) is 1.99. The van der Waals surface area contributed by atoms with Crippen LogP contribution in [0, 0.1) is 0 Å². The predicted molar refractivity (Wildman–Crippen MR) is 89.2 cm³/mol. The minimum atomic E-state index is -0.448. The van der Waals surface area contributed by atoms with Crippen LogP contribution in [-0.2, 0) is 11.3 Å². The summed E-state index contributed by atoms with van der Waals surface area (Å²) in [5, 5.41) is 6.35. The van der Waals surface area contributed by atoms with Gasteiger partial charge in [-0.15, -0.1) is 0 Å². The molecule has 0 radical (unpaired) electrons. The van der Waals surface area contributed by atoms with Gasteiger partial charge in [0.15, 0.2) is 0 Å². The van der Waals surface area contributed by atoms with Crippen LogP contribution in [0.1, 0.15) is 32.8 Å². The predicted octanol–water partition coefficient (Wildman–Crippen LogP) is 2.51. The van der Waals surface area contributed by atoms with Crippen molar-refractivity contribution in [1.29, 1.82) is 0 Å². The molecule has 0 aromatic heterocycles. The van der Waals surface area contributed by atoms with Gasteiger partial charge in [0.2, 0.25) is 0 Å². The average molecular weight is 305 g/mol. The summed E-state index contributed by atoms with van der Waals surface area (Å²) < 4.78 is 5.25. The van der Waals surface area contributed by atoms with Gasteiger partial charge in [0, 0.05) is 38.4 Å². The summed E-state index contributed by atoms with van der Waals surface area (Å²) >= 11 is 0. The number of hydrogen-bond acceptors (Lipinski definition) is 4. The van der Waals surface area contributed by atoms with Gasteiger partial charge in [-0.3, -0.25) is 0 Å². The fourth-order valence-electron chi connectivity index (χ4n) is 2.20. The minimum Gasteiger partial charge on any atom is -0.444 e. The Balaban J connectivity index is 1.70. The van der Waals surface area contributed by atoms with Gasteiger partial charge in [0.25, 0.3) is 0 Å². The molecule has 2 atom stereocenters. The van der Waals surface area contributed by atoms with Crippen molar-refractivity contribution in [1.82, 2.24) is 10.6 Å². The molecule has 1 aliphatic carbocycles. The number of carbonyl (C=O) groups excluding carboxylic acids is 1. The lowest BCUT2D eigenvalue weighted by Crippen LogP contribution is -2.36.